The quantitative estimate of drug-likeness (QED) is 0.580. The van der Waals surface area contributed by atoms with Gasteiger partial charge in [0, 0.05) is 6.04 Å². The van der Waals surface area contributed by atoms with Crippen molar-refractivity contribution in [3.8, 4) is 0 Å². The third-order valence-electron chi connectivity index (χ3n) is 3.11. The van der Waals surface area contributed by atoms with Gasteiger partial charge in [0.15, 0.2) is 0 Å². The Morgan fingerprint density at radius 3 is 2.27 bits per heavy atom. The topological polar surface area (TPSA) is 32.3 Å². The lowest BCUT2D eigenvalue weighted by Gasteiger charge is -2.20. The summed E-state index contributed by atoms with van der Waals surface area (Å²) in [4.78, 5) is 0. The molecular weight excluding hydrogens is 186 g/mol. The number of aliphatic hydroxyl groups is 1. The molecule has 0 aromatic carbocycles. The fraction of sp³-hybridized carbons (Fsp3) is 1.00. The van der Waals surface area contributed by atoms with Crippen molar-refractivity contribution in [1.82, 2.24) is 5.32 Å². The van der Waals surface area contributed by atoms with E-state index >= 15 is 0 Å². The molecule has 0 spiro atoms. The maximum Gasteiger partial charge on any atom is 0.0512 e. The lowest BCUT2D eigenvalue weighted by molar-refractivity contribution is 0.180. The molecule has 0 rings (SSSR count). The first-order chi connectivity index (χ1) is 7.10. The molecule has 0 radical (unpaired) electrons. The van der Waals surface area contributed by atoms with Crippen molar-refractivity contribution in [2.24, 2.45) is 5.92 Å². The van der Waals surface area contributed by atoms with Crippen LogP contribution in [-0.4, -0.2) is 23.8 Å². The number of nitrogens with one attached hydrogen (secondary N) is 1. The number of rotatable bonds is 9. The maximum atomic E-state index is 9.13. The van der Waals surface area contributed by atoms with E-state index in [4.69, 9.17) is 5.11 Å². The lowest BCUT2D eigenvalue weighted by Crippen LogP contribution is -2.31. The van der Waals surface area contributed by atoms with Crippen LogP contribution < -0.4 is 5.32 Å². The highest BCUT2D eigenvalue weighted by atomic mass is 16.3. The Labute approximate surface area is 95.5 Å². The number of hydrogen-bond acceptors (Lipinski definition) is 2. The first kappa shape index (κ1) is 14.9. The Morgan fingerprint density at radius 2 is 1.80 bits per heavy atom. The van der Waals surface area contributed by atoms with Gasteiger partial charge in [-0.15, -0.1) is 0 Å². The van der Waals surface area contributed by atoms with Gasteiger partial charge in [0.05, 0.1) is 6.10 Å². The number of aliphatic hydroxyl groups excluding tert-OH is 1. The van der Waals surface area contributed by atoms with Crippen LogP contribution in [0.25, 0.3) is 0 Å². The smallest absolute Gasteiger partial charge is 0.0512 e. The molecule has 0 aliphatic carbocycles. The highest BCUT2D eigenvalue weighted by Crippen LogP contribution is 2.11. The van der Waals surface area contributed by atoms with Crippen molar-refractivity contribution in [3.63, 3.8) is 0 Å². The third-order valence-corrected chi connectivity index (χ3v) is 3.11. The second-order valence-electron chi connectivity index (χ2n) is 4.80. The van der Waals surface area contributed by atoms with Crippen LogP contribution in [0.15, 0.2) is 0 Å². The van der Waals surface area contributed by atoms with Crippen molar-refractivity contribution in [2.45, 2.75) is 71.9 Å². The van der Waals surface area contributed by atoms with Crippen LogP contribution in [0.3, 0.4) is 0 Å². The minimum absolute atomic E-state index is 0.151. The molecule has 2 N–H and O–H groups in total. The molecule has 0 heterocycles. The molecule has 2 heteroatoms. The van der Waals surface area contributed by atoms with Crippen molar-refractivity contribution in [2.75, 3.05) is 6.54 Å². The van der Waals surface area contributed by atoms with Crippen LogP contribution in [0.5, 0.6) is 0 Å². The van der Waals surface area contributed by atoms with Crippen LogP contribution in [0.1, 0.15) is 59.8 Å². The minimum atomic E-state index is -0.151. The molecular formula is C13H29NO. The van der Waals surface area contributed by atoms with Gasteiger partial charge in [-0.05, 0) is 45.1 Å². The molecule has 0 saturated carbocycles. The summed E-state index contributed by atoms with van der Waals surface area (Å²) in [6, 6.07) is 0.661. The van der Waals surface area contributed by atoms with Gasteiger partial charge in [0.25, 0.3) is 0 Å². The molecule has 0 fully saturated rings. The zero-order valence-electron chi connectivity index (χ0n) is 10.9. The molecule has 2 nitrogen and oxygen atoms in total. The normalized spacial score (nSPS) is 17.4. The van der Waals surface area contributed by atoms with Crippen molar-refractivity contribution >= 4 is 0 Å². The molecule has 15 heavy (non-hydrogen) atoms. The average molecular weight is 215 g/mol. The molecule has 0 aromatic rings. The molecule has 3 atom stereocenters. The van der Waals surface area contributed by atoms with Crippen LogP contribution in [0.2, 0.25) is 0 Å². The lowest BCUT2D eigenvalue weighted by atomic mass is 9.98. The Bertz CT molecular complexity index is 136. The van der Waals surface area contributed by atoms with Crippen molar-refractivity contribution in [3.05, 3.63) is 0 Å². The largest absolute Gasteiger partial charge is 0.393 e. The first-order valence-electron chi connectivity index (χ1n) is 6.51. The Kier molecular flexibility index (Phi) is 9.12. The van der Waals surface area contributed by atoms with Crippen LogP contribution in [-0.2, 0) is 0 Å². The van der Waals surface area contributed by atoms with E-state index in [1.54, 1.807) is 0 Å². The summed E-state index contributed by atoms with van der Waals surface area (Å²) in [5.74, 6) is 0.819. The summed E-state index contributed by atoms with van der Waals surface area (Å²) in [6.45, 7) is 9.72. The molecule has 0 bridgehead atoms. The van der Waals surface area contributed by atoms with E-state index in [1.807, 2.05) is 6.92 Å². The van der Waals surface area contributed by atoms with E-state index in [1.165, 1.54) is 19.3 Å². The standard InChI is InChI=1S/C13H29NO/c1-5-11(3)10-13(6-2)14-9-7-8-12(4)15/h11-15H,5-10H2,1-4H3. The van der Waals surface area contributed by atoms with Crippen molar-refractivity contribution < 1.29 is 5.11 Å². The van der Waals surface area contributed by atoms with E-state index in [0.717, 1.165) is 25.3 Å². The van der Waals surface area contributed by atoms with E-state index in [9.17, 15) is 0 Å². The van der Waals surface area contributed by atoms with E-state index in [0.29, 0.717) is 6.04 Å². The highest BCUT2D eigenvalue weighted by Gasteiger charge is 2.09. The monoisotopic (exact) mass is 215 g/mol. The minimum Gasteiger partial charge on any atom is -0.393 e. The van der Waals surface area contributed by atoms with Crippen LogP contribution in [0, 0.1) is 5.92 Å². The fourth-order valence-electron chi connectivity index (χ4n) is 1.75. The van der Waals surface area contributed by atoms with Gasteiger partial charge in [-0.1, -0.05) is 27.2 Å². The maximum absolute atomic E-state index is 9.13. The zero-order chi connectivity index (χ0) is 11.7. The fourth-order valence-corrected chi connectivity index (χ4v) is 1.75. The molecule has 0 amide bonds. The predicted molar refractivity (Wildman–Crippen MR) is 67.1 cm³/mol. The summed E-state index contributed by atoms with van der Waals surface area (Å²) >= 11 is 0. The molecule has 0 aliphatic rings. The van der Waals surface area contributed by atoms with Gasteiger partial charge in [-0.2, -0.15) is 0 Å². The van der Waals surface area contributed by atoms with Gasteiger partial charge in [-0.3, -0.25) is 0 Å². The van der Waals surface area contributed by atoms with Crippen molar-refractivity contribution in [1.29, 1.82) is 0 Å². The Hall–Kier alpha value is -0.0800. The molecule has 3 unspecified atom stereocenters. The Morgan fingerprint density at radius 1 is 1.13 bits per heavy atom. The molecule has 0 aliphatic heterocycles. The molecule has 0 aromatic heterocycles. The SMILES string of the molecule is CCC(C)CC(CC)NCCCC(C)O. The van der Waals surface area contributed by atoms with Gasteiger partial charge >= 0.3 is 0 Å². The van der Waals surface area contributed by atoms with E-state index in [-0.39, 0.29) is 6.10 Å². The third kappa shape index (κ3) is 8.88. The second-order valence-corrected chi connectivity index (χ2v) is 4.80. The summed E-state index contributed by atoms with van der Waals surface area (Å²) in [6.07, 6.45) is 5.59. The van der Waals surface area contributed by atoms with Crippen LogP contribution in [0.4, 0.5) is 0 Å². The summed E-state index contributed by atoms with van der Waals surface area (Å²) < 4.78 is 0. The summed E-state index contributed by atoms with van der Waals surface area (Å²) in [7, 11) is 0. The molecule has 92 valence electrons. The van der Waals surface area contributed by atoms with E-state index < -0.39 is 0 Å². The molecule has 0 saturated heterocycles. The summed E-state index contributed by atoms with van der Waals surface area (Å²) in [5.41, 5.74) is 0. The second kappa shape index (κ2) is 9.17. The van der Waals surface area contributed by atoms with Gasteiger partial charge in [-0.25, -0.2) is 0 Å². The Balaban J connectivity index is 3.52. The first-order valence-corrected chi connectivity index (χ1v) is 6.51. The zero-order valence-corrected chi connectivity index (χ0v) is 10.9. The summed E-state index contributed by atoms with van der Waals surface area (Å²) in [5, 5.41) is 12.7. The van der Waals surface area contributed by atoms with Gasteiger partial charge in [0.1, 0.15) is 0 Å². The van der Waals surface area contributed by atoms with Crippen LogP contribution >= 0.6 is 0 Å². The highest BCUT2D eigenvalue weighted by molar-refractivity contribution is 4.68. The van der Waals surface area contributed by atoms with E-state index in [2.05, 4.69) is 26.1 Å². The predicted octanol–water partition coefficient (Wildman–Crippen LogP) is 2.95. The number of hydrogen-bond donors (Lipinski definition) is 2. The van der Waals surface area contributed by atoms with Gasteiger partial charge < -0.3 is 10.4 Å². The van der Waals surface area contributed by atoms with Gasteiger partial charge in [0.2, 0.25) is 0 Å². The average Bonchev–Trinajstić information content (AvgIpc) is 2.21.